The molecule has 2 aromatic rings. The summed E-state index contributed by atoms with van der Waals surface area (Å²) in [5.74, 6) is -0.772. The van der Waals surface area contributed by atoms with E-state index >= 15 is 0 Å². The van der Waals surface area contributed by atoms with Gasteiger partial charge in [-0.3, -0.25) is 14.4 Å². The molecule has 0 radical (unpaired) electrons. The molecule has 1 aliphatic carbocycles. The summed E-state index contributed by atoms with van der Waals surface area (Å²) >= 11 is 0. The van der Waals surface area contributed by atoms with E-state index in [-0.39, 0.29) is 30.3 Å². The number of hydrogen-bond acceptors (Lipinski definition) is 4. The molecule has 7 nitrogen and oxygen atoms in total. The lowest BCUT2D eigenvalue weighted by Gasteiger charge is -2.24. The minimum absolute atomic E-state index is 0.102. The lowest BCUT2D eigenvalue weighted by Crippen LogP contribution is -2.42. The molecule has 0 bridgehead atoms. The lowest BCUT2D eigenvalue weighted by molar-refractivity contribution is -0.127. The molecule has 2 aromatic carbocycles. The molecule has 28 heavy (non-hydrogen) atoms. The van der Waals surface area contributed by atoms with Crippen LogP contribution in [0.15, 0.2) is 48.5 Å². The summed E-state index contributed by atoms with van der Waals surface area (Å²) in [5.41, 5.74) is 8.44. The second-order valence-corrected chi connectivity index (χ2v) is 7.10. The van der Waals surface area contributed by atoms with Crippen LogP contribution < -0.4 is 16.4 Å². The Morgan fingerprint density at radius 3 is 2.46 bits per heavy atom. The first-order chi connectivity index (χ1) is 13.6. The van der Waals surface area contributed by atoms with Crippen LogP contribution in [0, 0.1) is 0 Å². The number of anilines is 1. The summed E-state index contributed by atoms with van der Waals surface area (Å²) in [6, 6.07) is 13.8. The molecular formula is C21H22N4O3. The van der Waals surface area contributed by atoms with Crippen molar-refractivity contribution in [3.63, 3.8) is 0 Å². The summed E-state index contributed by atoms with van der Waals surface area (Å²) in [7, 11) is 0. The first-order valence-corrected chi connectivity index (χ1v) is 9.36. The zero-order chi connectivity index (χ0) is 19.7. The molecule has 2 aliphatic rings. The summed E-state index contributed by atoms with van der Waals surface area (Å²) < 4.78 is 0. The van der Waals surface area contributed by atoms with E-state index in [1.807, 2.05) is 18.2 Å². The van der Waals surface area contributed by atoms with Gasteiger partial charge in [-0.25, -0.2) is 0 Å². The van der Waals surface area contributed by atoms with E-state index in [4.69, 9.17) is 5.73 Å². The third kappa shape index (κ3) is 3.48. The topological polar surface area (TPSA) is 105 Å². The summed E-state index contributed by atoms with van der Waals surface area (Å²) in [6.45, 7) is 0.270. The lowest BCUT2D eigenvalue weighted by atomic mass is 10.0. The molecule has 4 N–H and O–H groups in total. The Morgan fingerprint density at radius 2 is 1.79 bits per heavy atom. The van der Waals surface area contributed by atoms with E-state index in [9.17, 15) is 14.4 Å². The number of amides is 3. The molecule has 3 amide bonds. The van der Waals surface area contributed by atoms with Crippen molar-refractivity contribution in [2.75, 3.05) is 11.9 Å². The van der Waals surface area contributed by atoms with Crippen LogP contribution in [0.4, 0.5) is 5.69 Å². The van der Waals surface area contributed by atoms with Crippen molar-refractivity contribution in [2.45, 2.75) is 31.5 Å². The third-order valence-electron chi connectivity index (χ3n) is 5.08. The van der Waals surface area contributed by atoms with E-state index in [1.54, 1.807) is 35.2 Å². The van der Waals surface area contributed by atoms with E-state index in [2.05, 4.69) is 10.6 Å². The van der Waals surface area contributed by atoms with Crippen LogP contribution in [0.2, 0.25) is 0 Å². The van der Waals surface area contributed by atoms with E-state index < -0.39 is 6.04 Å². The number of fused-ring (bicyclic) bond motifs is 1. The molecule has 1 heterocycles. The molecule has 7 heteroatoms. The zero-order valence-corrected chi connectivity index (χ0v) is 15.4. The minimum atomic E-state index is -0.673. The maximum atomic E-state index is 12.8. The zero-order valence-electron chi connectivity index (χ0n) is 15.4. The maximum Gasteiger partial charge on any atom is 0.255 e. The van der Waals surface area contributed by atoms with Gasteiger partial charge in [0.1, 0.15) is 6.04 Å². The van der Waals surface area contributed by atoms with Crippen LogP contribution in [0.1, 0.15) is 40.4 Å². The van der Waals surface area contributed by atoms with Crippen molar-refractivity contribution in [1.29, 1.82) is 0 Å². The highest BCUT2D eigenvalue weighted by Crippen LogP contribution is 2.41. The van der Waals surface area contributed by atoms with Crippen LogP contribution in [0.3, 0.4) is 0 Å². The van der Waals surface area contributed by atoms with E-state index in [0.717, 1.165) is 18.4 Å². The van der Waals surface area contributed by atoms with Gasteiger partial charge in [0, 0.05) is 23.8 Å². The highest BCUT2D eigenvalue weighted by Gasteiger charge is 2.47. The Morgan fingerprint density at radius 1 is 1.07 bits per heavy atom. The molecular weight excluding hydrogens is 356 g/mol. The Labute approximate surface area is 162 Å². The predicted molar refractivity (Wildman–Crippen MR) is 104 cm³/mol. The maximum absolute atomic E-state index is 12.8. The summed E-state index contributed by atoms with van der Waals surface area (Å²) in [5, 5.41) is 5.41. The van der Waals surface area contributed by atoms with Crippen molar-refractivity contribution in [2.24, 2.45) is 5.73 Å². The number of hydrogen-bond donors (Lipinski definition) is 3. The second kappa shape index (κ2) is 7.44. The highest BCUT2D eigenvalue weighted by molar-refractivity contribution is 6.05. The van der Waals surface area contributed by atoms with Crippen LogP contribution in [0.5, 0.6) is 0 Å². The van der Waals surface area contributed by atoms with Crippen molar-refractivity contribution < 1.29 is 14.4 Å². The van der Waals surface area contributed by atoms with E-state index in [1.165, 1.54) is 0 Å². The number of benzene rings is 2. The van der Waals surface area contributed by atoms with Crippen LogP contribution >= 0.6 is 0 Å². The van der Waals surface area contributed by atoms with Gasteiger partial charge < -0.3 is 21.3 Å². The molecule has 0 aromatic heterocycles. The number of nitrogens with two attached hydrogens (primary N) is 1. The van der Waals surface area contributed by atoms with Crippen LogP contribution in [0.25, 0.3) is 0 Å². The minimum Gasteiger partial charge on any atom is -0.345 e. The smallest absolute Gasteiger partial charge is 0.255 e. The van der Waals surface area contributed by atoms with Crippen molar-refractivity contribution in [1.82, 2.24) is 10.2 Å². The van der Waals surface area contributed by atoms with Gasteiger partial charge in [0.25, 0.3) is 5.91 Å². The fourth-order valence-electron chi connectivity index (χ4n) is 3.53. The van der Waals surface area contributed by atoms with Gasteiger partial charge >= 0.3 is 0 Å². The Hall–Kier alpha value is -3.19. The summed E-state index contributed by atoms with van der Waals surface area (Å²) in [4.78, 5) is 39.4. The average molecular weight is 378 g/mol. The van der Waals surface area contributed by atoms with Crippen LogP contribution in [-0.2, 0) is 16.1 Å². The Bertz CT molecular complexity index is 922. The molecule has 0 spiro atoms. The SMILES string of the molecule is NCc1ccc(NC(=O)CNC(=O)C2c3ccccc3C(=O)N2C2CC2)cc1. The molecule has 1 unspecified atom stereocenters. The summed E-state index contributed by atoms with van der Waals surface area (Å²) in [6.07, 6.45) is 1.81. The van der Waals surface area contributed by atoms with Gasteiger partial charge in [0.2, 0.25) is 11.8 Å². The standard InChI is InChI=1S/C21H22N4O3/c22-11-13-5-7-14(8-6-13)24-18(26)12-23-20(27)19-16-3-1-2-4-17(16)21(28)25(19)15-9-10-15/h1-8,15,19H,9-12,22H2,(H,23,27)(H,24,26). The van der Waals surface area contributed by atoms with Crippen molar-refractivity contribution in [3.8, 4) is 0 Å². The van der Waals surface area contributed by atoms with E-state index in [0.29, 0.717) is 23.4 Å². The van der Waals surface area contributed by atoms with Crippen molar-refractivity contribution in [3.05, 3.63) is 65.2 Å². The molecule has 144 valence electrons. The molecule has 1 aliphatic heterocycles. The fraction of sp³-hybridized carbons (Fsp3) is 0.286. The van der Waals surface area contributed by atoms with Gasteiger partial charge in [-0.2, -0.15) is 0 Å². The number of nitrogens with one attached hydrogen (secondary N) is 2. The van der Waals surface area contributed by atoms with Gasteiger partial charge in [-0.05, 0) is 42.2 Å². The fourth-order valence-corrected chi connectivity index (χ4v) is 3.53. The highest BCUT2D eigenvalue weighted by atomic mass is 16.2. The largest absolute Gasteiger partial charge is 0.345 e. The van der Waals surface area contributed by atoms with Crippen molar-refractivity contribution >= 4 is 23.4 Å². The van der Waals surface area contributed by atoms with Crippen LogP contribution in [-0.4, -0.2) is 35.2 Å². The quantitative estimate of drug-likeness (QED) is 0.709. The number of nitrogens with zero attached hydrogens (tertiary/aromatic N) is 1. The number of carbonyl (C=O) groups excluding carboxylic acids is 3. The molecule has 4 rings (SSSR count). The van der Waals surface area contributed by atoms with Gasteiger partial charge in [0.05, 0.1) is 6.54 Å². The predicted octanol–water partition coefficient (Wildman–Crippen LogP) is 1.56. The second-order valence-electron chi connectivity index (χ2n) is 7.10. The Balaban J connectivity index is 1.41. The molecule has 1 saturated carbocycles. The monoisotopic (exact) mass is 378 g/mol. The number of rotatable bonds is 6. The van der Waals surface area contributed by atoms with Gasteiger partial charge in [-0.15, -0.1) is 0 Å². The first-order valence-electron chi connectivity index (χ1n) is 9.36. The molecule has 1 fully saturated rings. The average Bonchev–Trinajstić information content (AvgIpc) is 3.51. The van der Waals surface area contributed by atoms with Gasteiger partial charge in [-0.1, -0.05) is 30.3 Å². The molecule has 0 saturated heterocycles. The third-order valence-corrected chi connectivity index (χ3v) is 5.08. The number of carbonyl (C=O) groups is 3. The molecule has 1 atom stereocenters. The Kier molecular flexibility index (Phi) is 4.83. The van der Waals surface area contributed by atoms with Gasteiger partial charge in [0.15, 0.2) is 0 Å². The first kappa shape index (κ1) is 18.2. The normalized spacial score (nSPS) is 18.0.